The summed E-state index contributed by atoms with van der Waals surface area (Å²) < 4.78 is 5.36. The van der Waals surface area contributed by atoms with Gasteiger partial charge < -0.3 is 20.4 Å². The number of methoxy groups -OCH3 is 1. The van der Waals surface area contributed by atoms with E-state index in [1.807, 2.05) is 43.6 Å². The van der Waals surface area contributed by atoms with Gasteiger partial charge in [-0.3, -0.25) is 5.10 Å². The molecule has 3 heterocycles. The first-order valence-electron chi connectivity index (χ1n) is 10.6. The minimum absolute atomic E-state index is 0.621. The highest BCUT2D eigenvalue weighted by Crippen LogP contribution is 2.24. The number of aromatic amines is 2. The topological polar surface area (TPSA) is 104 Å². The van der Waals surface area contributed by atoms with Gasteiger partial charge in [0.15, 0.2) is 0 Å². The van der Waals surface area contributed by atoms with E-state index < -0.39 is 0 Å². The Balaban J connectivity index is 1.23. The Morgan fingerprint density at radius 3 is 2.81 bits per heavy atom. The molecule has 8 nitrogen and oxygen atoms in total. The number of H-pyrrole nitrogens is 2. The largest absolute Gasteiger partial charge is 0.497 e. The van der Waals surface area contributed by atoms with Crippen LogP contribution in [0.5, 0.6) is 5.75 Å². The highest BCUT2D eigenvalue weighted by Gasteiger charge is 2.07. The van der Waals surface area contributed by atoms with Crippen molar-refractivity contribution in [3.05, 3.63) is 71.7 Å². The van der Waals surface area contributed by atoms with Gasteiger partial charge in [-0.1, -0.05) is 6.07 Å². The second kappa shape index (κ2) is 8.58. The lowest BCUT2D eigenvalue weighted by molar-refractivity contribution is 0.415. The Labute approximate surface area is 185 Å². The van der Waals surface area contributed by atoms with Crippen LogP contribution in [-0.4, -0.2) is 38.8 Å². The van der Waals surface area contributed by atoms with Crippen LogP contribution in [0.3, 0.4) is 0 Å². The number of aromatic nitrogens is 5. The van der Waals surface area contributed by atoms with Crippen molar-refractivity contribution in [2.24, 2.45) is 0 Å². The van der Waals surface area contributed by atoms with E-state index in [1.165, 1.54) is 16.5 Å². The molecular formula is C24H25N7O. The molecule has 0 aliphatic heterocycles. The Hall–Kier alpha value is -4.07. The number of anilines is 2. The normalized spacial score (nSPS) is 11.2. The predicted molar refractivity (Wildman–Crippen MR) is 127 cm³/mol. The average Bonchev–Trinajstić information content (AvgIpc) is 3.43. The number of hydrogen-bond acceptors (Lipinski definition) is 6. The standard InChI is InChI=1S/C24H25N7O/c1-15-9-23(27-12-16-3-5-21-18(10-16)14-28-31-21)30-24(29-15)25-8-7-17-13-26-22-6-4-19(32-2)11-20(17)22/h3-6,9-11,13-14,26H,7-8,12H2,1-2H3,(H,28,31)(H2,25,27,29,30). The summed E-state index contributed by atoms with van der Waals surface area (Å²) in [6, 6.07) is 14.3. The zero-order valence-electron chi connectivity index (χ0n) is 18.1. The summed E-state index contributed by atoms with van der Waals surface area (Å²) in [6.07, 6.45) is 4.73. The smallest absolute Gasteiger partial charge is 0.224 e. The number of ether oxygens (including phenoxy) is 1. The number of nitrogens with one attached hydrogen (secondary N) is 4. The van der Waals surface area contributed by atoms with Gasteiger partial charge in [-0.2, -0.15) is 10.1 Å². The Morgan fingerprint density at radius 2 is 1.91 bits per heavy atom. The molecule has 0 spiro atoms. The van der Waals surface area contributed by atoms with E-state index >= 15 is 0 Å². The molecule has 32 heavy (non-hydrogen) atoms. The van der Waals surface area contributed by atoms with Gasteiger partial charge >= 0.3 is 0 Å². The molecule has 3 aromatic heterocycles. The van der Waals surface area contributed by atoms with Crippen LogP contribution in [0.15, 0.2) is 54.9 Å². The lowest BCUT2D eigenvalue weighted by Crippen LogP contribution is -2.10. The van der Waals surface area contributed by atoms with E-state index in [1.54, 1.807) is 7.11 Å². The lowest BCUT2D eigenvalue weighted by Gasteiger charge is -2.10. The number of benzene rings is 2. The quantitative estimate of drug-likeness (QED) is 0.292. The van der Waals surface area contributed by atoms with Crippen LogP contribution < -0.4 is 15.4 Å². The van der Waals surface area contributed by atoms with E-state index in [9.17, 15) is 0 Å². The maximum absolute atomic E-state index is 5.36. The first kappa shape index (κ1) is 19.9. The average molecular weight is 428 g/mol. The van der Waals surface area contributed by atoms with Gasteiger partial charge in [0.25, 0.3) is 0 Å². The van der Waals surface area contributed by atoms with Crippen LogP contribution in [0.25, 0.3) is 21.8 Å². The third-order valence-electron chi connectivity index (χ3n) is 5.48. The van der Waals surface area contributed by atoms with Gasteiger partial charge in [0.2, 0.25) is 5.95 Å². The summed E-state index contributed by atoms with van der Waals surface area (Å²) in [5.41, 5.74) is 5.44. The van der Waals surface area contributed by atoms with Gasteiger partial charge in [-0.15, -0.1) is 0 Å². The van der Waals surface area contributed by atoms with E-state index in [4.69, 9.17) is 4.74 Å². The number of nitrogens with zero attached hydrogens (tertiary/aromatic N) is 3. The molecule has 162 valence electrons. The SMILES string of the molecule is COc1ccc2[nH]cc(CCNc3nc(C)cc(NCc4ccc5[nH]ncc5c4)n3)c2c1. The fourth-order valence-corrected chi connectivity index (χ4v) is 3.83. The van der Waals surface area contributed by atoms with Crippen molar-refractivity contribution in [2.75, 3.05) is 24.3 Å². The maximum Gasteiger partial charge on any atom is 0.224 e. The Morgan fingerprint density at radius 1 is 1.00 bits per heavy atom. The number of aryl methyl sites for hydroxylation is 1. The van der Waals surface area contributed by atoms with Crippen LogP contribution in [0, 0.1) is 6.92 Å². The minimum atomic E-state index is 0.621. The molecule has 0 aliphatic carbocycles. The Bertz CT molecular complexity index is 1370. The highest BCUT2D eigenvalue weighted by molar-refractivity contribution is 5.84. The van der Waals surface area contributed by atoms with Gasteiger partial charge in [-0.25, -0.2) is 4.98 Å². The van der Waals surface area contributed by atoms with Crippen molar-refractivity contribution >= 4 is 33.6 Å². The van der Waals surface area contributed by atoms with Crippen molar-refractivity contribution in [1.29, 1.82) is 0 Å². The minimum Gasteiger partial charge on any atom is -0.497 e. The van der Waals surface area contributed by atoms with E-state index in [0.29, 0.717) is 12.5 Å². The van der Waals surface area contributed by atoms with Crippen LogP contribution in [0.2, 0.25) is 0 Å². The highest BCUT2D eigenvalue weighted by atomic mass is 16.5. The molecule has 0 aliphatic rings. The fourth-order valence-electron chi connectivity index (χ4n) is 3.83. The van der Waals surface area contributed by atoms with Gasteiger partial charge in [0.1, 0.15) is 11.6 Å². The third kappa shape index (κ3) is 4.20. The van der Waals surface area contributed by atoms with Crippen molar-refractivity contribution in [2.45, 2.75) is 19.9 Å². The molecule has 0 radical (unpaired) electrons. The van der Waals surface area contributed by atoms with E-state index in [2.05, 4.69) is 54.0 Å². The first-order valence-corrected chi connectivity index (χ1v) is 10.6. The first-order chi connectivity index (χ1) is 15.7. The molecule has 0 saturated carbocycles. The number of rotatable bonds is 8. The van der Waals surface area contributed by atoms with Crippen molar-refractivity contribution in [1.82, 2.24) is 25.1 Å². The molecule has 8 heteroatoms. The predicted octanol–water partition coefficient (Wildman–Crippen LogP) is 4.42. The zero-order chi connectivity index (χ0) is 21.9. The molecule has 0 bridgehead atoms. The van der Waals surface area contributed by atoms with E-state index in [-0.39, 0.29) is 0 Å². The van der Waals surface area contributed by atoms with Crippen molar-refractivity contribution in [3.8, 4) is 5.75 Å². The molecule has 0 atom stereocenters. The number of hydrogen-bond donors (Lipinski definition) is 4. The summed E-state index contributed by atoms with van der Waals surface area (Å²) in [5.74, 6) is 2.27. The van der Waals surface area contributed by atoms with Crippen LogP contribution in [0.4, 0.5) is 11.8 Å². The summed E-state index contributed by atoms with van der Waals surface area (Å²) in [5, 5.41) is 16.1. The summed E-state index contributed by atoms with van der Waals surface area (Å²) in [7, 11) is 1.69. The van der Waals surface area contributed by atoms with Gasteiger partial charge in [0, 0.05) is 47.3 Å². The van der Waals surface area contributed by atoms with Crippen LogP contribution >= 0.6 is 0 Å². The van der Waals surface area contributed by atoms with Crippen LogP contribution in [-0.2, 0) is 13.0 Å². The lowest BCUT2D eigenvalue weighted by atomic mass is 10.1. The van der Waals surface area contributed by atoms with Gasteiger partial charge in [0.05, 0.1) is 18.8 Å². The summed E-state index contributed by atoms with van der Waals surface area (Å²) in [6.45, 7) is 3.37. The molecule has 5 aromatic rings. The molecule has 2 aromatic carbocycles. The molecule has 5 rings (SSSR count). The maximum atomic E-state index is 5.36. The molecule has 0 fully saturated rings. The molecule has 0 amide bonds. The molecule has 0 saturated heterocycles. The Kier molecular flexibility index (Phi) is 5.33. The van der Waals surface area contributed by atoms with Crippen LogP contribution in [0.1, 0.15) is 16.8 Å². The zero-order valence-corrected chi connectivity index (χ0v) is 18.1. The van der Waals surface area contributed by atoms with Crippen molar-refractivity contribution < 1.29 is 4.74 Å². The summed E-state index contributed by atoms with van der Waals surface area (Å²) in [4.78, 5) is 12.5. The second-order valence-corrected chi connectivity index (χ2v) is 7.77. The fraction of sp³-hybridized carbons (Fsp3) is 0.208. The summed E-state index contributed by atoms with van der Waals surface area (Å²) >= 11 is 0. The van der Waals surface area contributed by atoms with E-state index in [0.717, 1.165) is 46.6 Å². The van der Waals surface area contributed by atoms with Crippen molar-refractivity contribution in [3.63, 3.8) is 0 Å². The number of fused-ring (bicyclic) bond motifs is 2. The van der Waals surface area contributed by atoms with Gasteiger partial charge in [-0.05, 0) is 54.8 Å². The third-order valence-corrected chi connectivity index (χ3v) is 5.48. The molecule has 4 N–H and O–H groups in total. The second-order valence-electron chi connectivity index (χ2n) is 7.77. The molecule has 0 unspecified atom stereocenters. The molecular weight excluding hydrogens is 402 g/mol. The monoisotopic (exact) mass is 427 g/mol.